The molecule has 2 rings (SSSR count). The van der Waals surface area contributed by atoms with Crippen molar-refractivity contribution in [1.29, 1.82) is 0 Å². The molecule has 1 aromatic heterocycles. The first-order valence-corrected chi connectivity index (χ1v) is 9.03. The first kappa shape index (κ1) is 18.1. The average molecular weight is 351 g/mol. The first-order valence-electron chi connectivity index (χ1n) is 7.48. The van der Waals surface area contributed by atoms with E-state index in [1.807, 2.05) is 6.92 Å². The number of aliphatic hydroxyl groups is 1. The molecule has 8 nitrogen and oxygen atoms in total. The third kappa shape index (κ3) is 5.15. The number of hydrogen-bond acceptors (Lipinski definition) is 7. The summed E-state index contributed by atoms with van der Waals surface area (Å²) in [6.07, 6.45) is 3.28. The number of unbranched alkanes of at least 4 members (excludes halogenated alkanes) is 1. The number of aryl methyl sites for hydroxylation is 1. The van der Waals surface area contributed by atoms with Crippen LogP contribution in [0.4, 0.5) is 17.5 Å². The fourth-order valence-electron chi connectivity index (χ4n) is 1.98. The highest BCUT2D eigenvalue weighted by molar-refractivity contribution is 7.89. The zero-order valence-corrected chi connectivity index (χ0v) is 14.2. The molecule has 0 aliphatic rings. The maximum atomic E-state index is 11.2. The molecule has 0 bridgehead atoms. The Kier molecular flexibility index (Phi) is 6.07. The van der Waals surface area contributed by atoms with Gasteiger partial charge in [0.1, 0.15) is 5.82 Å². The zero-order chi connectivity index (χ0) is 17.6. The molecule has 0 fully saturated rings. The predicted molar refractivity (Wildman–Crippen MR) is 92.7 cm³/mol. The molecule has 2 aromatic rings. The molecular formula is C15H21N5O3S. The summed E-state index contributed by atoms with van der Waals surface area (Å²) in [5.41, 5.74) is 1.56. The Morgan fingerprint density at radius 2 is 1.92 bits per heavy atom. The van der Waals surface area contributed by atoms with Crippen LogP contribution in [-0.4, -0.2) is 36.6 Å². The molecule has 130 valence electrons. The van der Waals surface area contributed by atoms with Crippen LogP contribution in [0.5, 0.6) is 0 Å². The molecule has 0 aliphatic heterocycles. The fourth-order valence-corrected chi connectivity index (χ4v) is 2.50. The molecule has 1 heterocycles. The number of nitrogens with zero attached hydrogens (tertiary/aromatic N) is 2. The zero-order valence-electron chi connectivity index (χ0n) is 13.4. The topological polar surface area (TPSA) is 130 Å². The normalized spacial score (nSPS) is 11.3. The maximum Gasteiger partial charge on any atom is 0.238 e. The van der Waals surface area contributed by atoms with Crippen LogP contribution in [0.2, 0.25) is 0 Å². The van der Waals surface area contributed by atoms with Gasteiger partial charge in [-0.25, -0.2) is 18.5 Å². The highest BCUT2D eigenvalue weighted by Gasteiger charge is 2.08. The Bertz CT molecular complexity index is 778. The van der Waals surface area contributed by atoms with E-state index in [1.165, 1.54) is 12.1 Å². The Labute approximate surface area is 141 Å². The van der Waals surface area contributed by atoms with Gasteiger partial charge in [0.2, 0.25) is 16.0 Å². The van der Waals surface area contributed by atoms with Crippen molar-refractivity contribution in [3.63, 3.8) is 0 Å². The molecule has 0 amide bonds. The lowest BCUT2D eigenvalue weighted by Crippen LogP contribution is -2.12. The number of benzene rings is 1. The summed E-state index contributed by atoms with van der Waals surface area (Å²) in [5, 5.41) is 20.1. The van der Waals surface area contributed by atoms with Gasteiger partial charge in [-0.3, -0.25) is 0 Å². The van der Waals surface area contributed by atoms with E-state index in [1.54, 1.807) is 18.3 Å². The van der Waals surface area contributed by atoms with Gasteiger partial charge in [-0.15, -0.1) is 0 Å². The highest BCUT2D eigenvalue weighted by Crippen LogP contribution is 2.18. The molecule has 0 spiro atoms. The Balaban J connectivity index is 2.07. The van der Waals surface area contributed by atoms with Gasteiger partial charge >= 0.3 is 0 Å². The van der Waals surface area contributed by atoms with Crippen LogP contribution in [0.25, 0.3) is 0 Å². The van der Waals surface area contributed by atoms with E-state index in [9.17, 15) is 8.42 Å². The second kappa shape index (κ2) is 8.04. The minimum Gasteiger partial charge on any atom is -0.396 e. The number of rotatable bonds is 8. The van der Waals surface area contributed by atoms with E-state index in [-0.39, 0.29) is 11.5 Å². The van der Waals surface area contributed by atoms with E-state index in [4.69, 9.17) is 10.2 Å². The van der Waals surface area contributed by atoms with Crippen molar-refractivity contribution in [2.45, 2.75) is 24.7 Å². The molecule has 0 saturated heterocycles. The van der Waals surface area contributed by atoms with Gasteiger partial charge in [0, 0.05) is 30.6 Å². The molecule has 9 heteroatoms. The predicted octanol–water partition coefficient (Wildman–Crippen LogP) is 1.36. The van der Waals surface area contributed by atoms with Crippen LogP contribution in [0.15, 0.2) is 35.4 Å². The molecule has 5 N–H and O–H groups in total. The summed E-state index contributed by atoms with van der Waals surface area (Å²) in [5.74, 6) is 1.11. The van der Waals surface area contributed by atoms with Gasteiger partial charge in [0.15, 0.2) is 0 Å². The molecule has 0 saturated carbocycles. The number of anilines is 3. The number of primary sulfonamides is 1. The van der Waals surface area contributed by atoms with Crippen LogP contribution in [-0.2, 0) is 10.0 Å². The molecule has 0 atom stereocenters. The van der Waals surface area contributed by atoms with Crippen LogP contribution in [0.1, 0.15) is 18.4 Å². The van der Waals surface area contributed by atoms with Gasteiger partial charge < -0.3 is 15.7 Å². The second-order valence-electron chi connectivity index (χ2n) is 5.28. The van der Waals surface area contributed by atoms with Crippen molar-refractivity contribution < 1.29 is 13.5 Å². The summed E-state index contributed by atoms with van der Waals surface area (Å²) in [6, 6.07) is 6.02. The van der Waals surface area contributed by atoms with E-state index in [0.29, 0.717) is 24.0 Å². The monoisotopic (exact) mass is 351 g/mol. The summed E-state index contributed by atoms with van der Waals surface area (Å²) in [6.45, 7) is 2.78. The Hall–Kier alpha value is -2.23. The van der Waals surface area contributed by atoms with Gasteiger partial charge in [0.25, 0.3) is 0 Å². The third-order valence-corrected chi connectivity index (χ3v) is 4.22. The standard InChI is InChI=1S/C15H21N5O3S/c1-11-10-18-15(20-14(11)17-8-2-3-9-21)19-12-4-6-13(7-5-12)24(16,22)23/h4-7,10,21H,2-3,8-9H2,1H3,(H2,16,22,23)(H2,17,18,19,20). The van der Waals surface area contributed by atoms with E-state index >= 15 is 0 Å². The highest BCUT2D eigenvalue weighted by atomic mass is 32.2. The number of aromatic nitrogens is 2. The Morgan fingerprint density at radius 3 is 2.54 bits per heavy atom. The van der Waals surface area contributed by atoms with E-state index in [0.717, 1.165) is 18.4 Å². The second-order valence-corrected chi connectivity index (χ2v) is 6.84. The molecule has 0 unspecified atom stereocenters. The number of hydrogen-bond donors (Lipinski definition) is 4. The van der Waals surface area contributed by atoms with Crippen molar-refractivity contribution in [3.05, 3.63) is 36.0 Å². The van der Waals surface area contributed by atoms with Gasteiger partial charge in [-0.2, -0.15) is 4.98 Å². The molecule has 0 aliphatic carbocycles. The lowest BCUT2D eigenvalue weighted by atomic mass is 10.3. The SMILES string of the molecule is Cc1cnc(Nc2ccc(S(N)(=O)=O)cc2)nc1NCCCCO. The van der Waals surface area contributed by atoms with Crippen LogP contribution >= 0.6 is 0 Å². The maximum absolute atomic E-state index is 11.2. The van der Waals surface area contributed by atoms with Crippen LogP contribution < -0.4 is 15.8 Å². The third-order valence-electron chi connectivity index (χ3n) is 3.29. The summed E-state index contributed by atoms with van der Waals surface area (Å²) in [4.78, 5) is 8.65. The largest absolute Gasteiger partial charge is 0.396 e. The summed E-state index contributed by atoms with van der Waals surface area (Å²) in [7, 11) is -3.71. The van der Waals surface area contributed by atoms with Gasteiger partial charge in [-0.05, 0) is 44.0 Å². The molecule has 24 heavy (non-hydrogen) atoms. The van der Waals surface area contributed by atoms with Gasteiger partial charge in [0.05, 0.1) is 4.90 Å². The average Bonchev–Trinajstić information content (AvgIpc) is 2.54. The summed E-state index contributed by atoms with van der Waals surface area (Å²) < 4.78 is 22.5. The fraction of sp³-hybridized carbons (Fsp3) is 0.333. The smallest absolute Gasteiger partial charge is 0.238 e. The number of sulfonamides is 1. The van der Waals surface area contributed by atoms with E-state index < -0.39 is 10.0 Å². The number of nitrogens with two attached hydrogens (primary N) is 1. The number of nitrogens with one attached hydrogen (secondary N) is 2. The quantitative estimate of drug-likeness (QED) is 0.528. The van der Waals surface area contributed by atoms with Crippen LogP contribution in [0, 0.1) is 6.92 Å². The van der Waals surface area contributed by atoms with Crippen molar-refractivity contribution in [2.24, 2.45) is 5.14 Å². The van der Waals surface area contributed by atoms with E-state index in [2.05, 4.69) is 20.6 Å². The molecular weight excluding hydrogens is 330 g/mol. The Morgan fingerprint density at radius 1 is 1.21 bits per heavy atom. The van der Waals surface area contributed by atoms with Crippen molar-refractivity contribution >= 4 is 27.5 Å². The molecule has 1 aromatic carbocycles. The first-order chi connectivity index (χ1) is 11.4. The van der Waals surface area contributed by atoms with Crippen molar-refractivity contribution in [1.82, 2.24) is 9.97 Å². The van der Waals surface area contributed by atoms with Crippen molar-refractivity contribution in [2.75, 3.05) is 23.8 Å². The lowest BCUT2D eigenvalue weighted by molar-refractivity contribution is 0.286. The van der Waals surface area contributed by atoms with Crippen LogP contribution in [0.3, 0.4) is 0 Å². The van der Waals surface area contributed by atoms with Crippen molar-refractivity contribution in [3.8, 4) is 0 Å². The summed E-state index contributed by atoms with van der Waals surface area (Å²) >= 11 is 0. The number of aliphatic hydroxyl groups excluding tert-OH is 1. The minimum absolute atomic E-state index is 0.0455. The lowest BCUT2D eigenvalue weighted by Gasteiger charge is -2.11. The minimum atomic E-state index is -3.71. The van der Waals surface area contributed by atoms with Gasteiger partial charge in [-0.1, -0.05) is 0 Å². The molecule has 0 radical (unpaired) electrons.